The first-order chi connectivity index (χ1) is 8.83. The SMILES string of the molecule is CC(C)(C)OC(=O)N1CCC(C(=O)O)(C(C)(C)C)C1=O. The summed E-state index contributed by atoms with van der Waals surface area (Å²) in [5, 5.41) is 9.50. The Morgan fingerprint density at radius 2 is 1.70 bits per heavy atom. The van der Waals surface area contributed by atoms with Gasteiger partial charge in [0.05, 0.1) is 0 Å². The van der Waals surface area contributed by atoms with Crippen LogP contribution in [0.4, 0.5) is 4.79 Å². The molecule has 0 aromatic rings. The van der Waals surface area contributed by atoms with Crippen molar-refractivity contribution in [2.45, 2.75) is 53.6 Å². The molecule has 0 aromatic carbocycles. The monoisotopic (exact) mass is 285 g/mol. The number of imide groups is 1. The van der Waals surface area contributed by atoms with Crippen LogP contribution in [0.5, 0.6) is 0 Å². The van der Waals surface area contributed by atoms with E-state index >= 15 is 0 Å². The van der Waals surface area contributed by atoms with Crippen LogP contribution in [-0.2, 0) is 14.3 Å². The third kappa shape index (κ3) is 2.64. The van der Waals surface area contributed by atoms with Crippen molar-refractivity contribution in [3.05, 3.63) is 0 Å². The van der Waals surface area contributed by atoms with Crippen molar-refractivity contribution in [3.63, 3.8) is 0 Å². The molecule has 1 aliphatic rings. The van der Waals surface area contributed by atoms with Gasteiger partial charge in [-0.05, 0) is 32.6 Å². The minimum absolute atomic E-state index is 0.0668. The maximum atomic E-state index is 12.5. The van der Waals surface area contributed by atoms with Gasteiger partial charge < -0.3 is 9.84 Å². The van der Waals surface area contributed by atoms with Crippen molar-refractivity contribution < 1.29 is 24.2 Å². The van der Waals surface area contributed by atoms with Crippen LogP contribution in [0.25, 0.3) is 0 Å². The van der Waals surface area contributed by atoms with Gasteiger partial charge in [-0.15, -0.1) is 0 Å². The molecule has 0 aromatic heterocycles. The minimum Gasteiger partial charge on any atom is -0.480 e. The number of aliphatic carboxylic acids is 1. The van der Waals surface area contributed by atoms with E-state index in [4.69, 9.17) is 4.74 Å². The second kappa shape index (κ2) is 4.75. The minimum atomic E-state index is -1.58. The van der Waals surface area contributed by atoms with Gasteiger partial charge in [0, 0.05) is 6.54 Å². The van der Waals surface area contributed by atoms with E-state index in [1.165, 1.54) is 0 Å². The maximum Gasteiger partial charge on any atom is 0.417 e. The van der Waals surface area contributed by atoms with Crippen molar-refractivity contribution in [2.75, 3.05) is 6.54 Å². The number of ether oxygens (including phenoxy) is 1. The molecule has 1 aliphatic heterocycles. The number of likely N-dealkylation sites (tertiary alicyclic amines) is 1. The Labute approximate surface area is 119 Å². The molecule has 2 amide bonds. The summed E-state index contributed by atoms with van der Waals surface area (Å²) in [6, 6.07) is 0. The number of hydrogen-bond acceptors (Lipinski definition) is 4. The fourth-order valence-corrected chi connectivity index (χ4v) is 2.42. The highest BCUT2D eigenvalue weighted by molar-refractivity contribution is 6.09. The van der Waals surface area contributed by atoms with Gasteiger partial charge in [-0.25, -0.2) is 9.69 Å². The molecule has 0 bridgehead atoms. The summed E-state index contributed by atoms with van der Waals surface area (Å²) in [6.07, 6.45) is -0.681. The summed E-state index contributed by atoms with van der Waals surface area (Å²) in [4.78, 5) is 37.0. The first-order valence-corrected chi connectivity index (χ1v) is 6.61. The topological polar surface area (TPSA) is 83.9 Å². The molecule has 1 heterocycles. The van der Waals surface area contributed by atoms with Crippen LogP contribution in [0, 0.1) is 10.8 Å². The lowest BCUT2D eigenvalue weighted by Gasteiger charge is -2.35. The second-order valence-corrected chi connectivity index (χ2v) is 7.15. The fraction of sp³-hybridized carbons (Fsp3) is 0.786. The molecule has 6 nitrogen and oxygen atoms in total. The highest BCUT2D eigenvalue weighted by Gasteiger charge is 2.61. The van der Waals surface area contributed by atoms with Crippen LogP contribution in [0.2, 0.25) is 0 Å². The highest BCUT2D eigenvalue weighted by Crippen LogP contribution is 2.47. The predicted molar refractivity (Wildman–Crippen MR) is 72.1 cm³/mol. The standard InChI is InChI=1S/C14H23NO5/c1-12(2,3)14(10(17)18)7-8-15(9(14)16)11(19)20-13(4,5)6/h7-8H2,1-6H3,(H,17,18). The van der Waals surface area contributed by atoms with Gasteiger partial charge in [0.1, 0.15) is 5.60 Å². The van der Waals surface area contributed by atoms with Gasteiger partial charge in [-0.2, -0.15) is 0 Å². The Hall–Kier alpha value is -1.59. The van der Waals surface area contributed by atoms with E-state index < -0.39 is 34.4 Å². The molecule has 1 saturated heterocycles. The zero-order chi connectivity index (χ0) is 15.9. The van der Waals surface area contributed by atoms with Crippen LogP contribution in [-0.4, -0.2) is 40.1 Å². The van der Waals surface area contributed by atoms with Crippen LogP contribution in [0.3, 0.4) is 0 Å². The molecular weight excluding hydrogens is 262 g/mol. The molecule has 1 N–H and O–H groups in total. The summed E-state index contributed by atoms with van der Waals surface area (Å²) in [5.74, 6) is -1.88. The molecule has 0 aliphatic carbocycles. The third-order valence-corrected chi connectivity index (χ3v) is 3.58. The van der Waals surface area contributed by atoms with Gasteiger partial charge in [-0.3, -0.25) is 9.59 Å². The van der Waals surface area contributed by atoms with Crippen molar-refractivity contribution >= 4 is 18.0 Å². The normalized spacial score (nSPS) is 23.9. The first-order valence-electron chi connectivity index (χ1n) is 6.61. The van der Waals surface area contributed by atoms with Gasteiger partial charge in [0.25, 0.3) is 0 Å². The summed E-state index contributed by atoms with van der Waals surface area (Å²) in [7, 11) is 0. The van der Waals surface area contributed by atoms with Gasteiger partial charge in [0.15, 0.2) is 5.41 Å². The Bertz CT molecular complexity index is 443. The van der Waals surface area contributed by atoms with E-state index in [2.05, 4.69) is 0 Å². The molecule has 20 heavy (non-hydrogen) atoms. The fourth-order valence-electron chi connectivity index (χ4n) is 2.42. The molecule has 0 radical (unpaired) electrons. The summed E-state index contributed by atoms with van der Waals surface area (Å²) in [5.41, 5.74) is -3.09. The summed E-state index contributed by atoms with van der Waals surface area (Å²) < 4.78 is 5.15. The number of hydrogen-bond donors (Lipinski definition) is 1. The number of carbonyl (C=O) groups excluding carboxylic acids is 2. The third-order valence-electron chi connectivity index (χ3n) is 3.58. The van der Waals surface area contributed by atoms with Crippen molar-refractivity contribution in [2.24, 2.45) is 10.8 Å². The molecule has 0 saturated carbocycles. The number of carbonyl (C=O) groups is 3. The Balaban J connectivity index is 3.08. The van der Waals surface area contributed by atoms with Crippen molar-refractivity contribution in [1.29, 1.82) is 0 Å². The maximum absolute atomic E-state index is 12.5. The smallest absolute Gasteiger partial charge is 0.417 e. The van der Waals surface area contributed by atoms with Crippen LogP contribution < -0.4 is 0 Å². The lowest BCUT2D eigenvalue weighted by Crippen LogP contribution is -2.50. The number of carboxylic acids is 1. The predicted octanol–water partition coefficient (Wildman–Crippen LogP) is 2.27. The highest BCUT2D eigenvalue weighted by atomic mass is 16.6. The molecule has 1 unspecified atom stereocenters. The van der Waals surface area contributed by atoms with Crippen LogP contribution in [0.1, 0.15) is 48.0 Å². The van der Waals surface area contributed by atoms with E-state index in [9.17, 15) is 19.5 Å². The van der Waals surface area contributed by atoms with Crippen LogP contribution >= 0.6 is 0 Å². The second-order valence-electron chi connectivity index (χ2n) is 7.15. The Morgan fingerprint density at radius 3 is 2.00 bits per heavy atom. The first kappa shape index (κ1) is 16.5. The Kier molecular flexibility index (Phi) is 3.91. The van der Waals surface area contributed by atoms with Crippen molar-refractivity contribution in [3.8, 4) is 0 Å². The van der Waals surface area contributed by atoms with Gasteiger partial charge in [0.2, 0.25) is 5.91 Å². The zero-order valence-corrected chi connectivity index (χ0v) is 12.9. The molecular formula is C14H23NO5. The lowest BCUT2D eigenvalue weighted by atomic mass is 9.65. The van der Waals surface area contributed by atoms with Crippen LogP contribution in [0.15, 0.2) is 0 Å². The summed E-state index contributed by atoms with van der Waals surface area (Å²) in [6.45, 7) is 10.2. The molecule has 0 spiro atoms. The zero-order valence-electron chi connectivity index (χ0n) is 12.9. The number of nitrogens with zero attached hydrogens (tertiary/aromatic N) is 1. The lowest BCUT2D eigenvalue weighted by molar-refractivity contribution is -0.163. The van der Waals surface area contributed by atoms with Crippen molar-refractivity contribution in [1.82, 2.24) is 4.90 Å². The molecule has 1 fully saturated rings. The van der Waals surface area contributed by atoms with E-state index in [1.807, 2.05) is 0 Å². The molecule has 114 valence electrons. The molecule has 6 heteroatoms. The average molecular weight is 285 g/mol. The number of amides is 2. The largest absolute Gasteiger partial charge is 0.480 e. The van der Waals surface area contributed by atoms with E-state index in [1.54, 1.807) is 41.5 Å². The molecule has 1 rings (SSSR count). The quantitative estimate of drug-likeness (QED) is 0.747. The van der Waals surface area contributed by atoms with E-state index in [0.717, 1.165) is 4.90 Å². The average Bonchev–Trinajstić information content (AvgIpc) is 2.52. The van der Waals surface area contributed by atoms with E-state index in [0.29, 0.717) is 0 Å². The Morgan fingerprint density at radius 1 is 1.20 bits per heavy atom. The van der Waals surface area contributed by atoms with Gasteiger partial charge >= 0.3 is 12.1 Å². The van der Waals surface area contributed by atoms with Gasteiger partial charge in [-0.1, -0.05) is 20.8 Å². The number of carboxylic acid groups (broad SMARTS) is 1. The number of rotatable bonds is 1. The molecule has 1 atom stereocenters. The summed E-state index contributed by atoms with van der Waals surface area (Å²) >= 11 is 0. The van der Waals surface area contributed by atoms with E-state index in [-0.39, 0.29) is 13.0 Å².